The first-order valence-electron chi connectivity index (χ1n) is 7.98. The summed E-state index contributed by atoms with van der Waals surface area (Å²) in [6.07, 6.45) is 1.68. The van der Waals surface area contributed by atoms with Crippen LogP contribution in [0.3, 0.4) is 0 Å². The van der Waals surface area contributed by atoms with Crippen molar-refractivity contribution in [3.63, 3.8) is 0 Å². The molecule has 1 N–H and O–H groups in total. The van der Waals surface area contributed by atoms with Gasteiger partial charge in [-0.3, -0.25) is 14.9 Å². The third-order valence-electron chi connectivity index (χ3n) is 3.81. The molecule has 26 heavy (non-hydrogen) atoms. The highest BCUT2D eigenvalue weighted by Crippen LogP contribution is 2.38. The van der Waals surface area contributed by atoms with E-state index in [0.29, 0.717) is 23.1 Å². The van der Waals surface area contributed by atoms with Crippen LogP contribution in [0.5, 0.6) is 5.75 Å². The van der Waals surface area contributed by atoms with Crippen LogP contribution in [0.2, 0.25) is 0 Å². The first-order chi connectivity index (χ1) is 12.5. The van der Waals surface area contributed by atoms with Crippen molar-refractivity contribution in [2.75, 3.05) is 37.1 Å². The van der Waals surface area contributed by atoms with Gasteiger partial charge < -0.3 is 14.4 Å². The average molecular weight is 373 g/mol. The van der Waals surface area contributed by atoms with Crippen molar-refractivity contribution in [3.05, 3.63) is 35.7 Å². The van der Waals surface area contributed by atoms with Gasteiger partial charge >= 0.3 is 0 Å². The number of nitrogens with zero attached hydrogens (tertiary/aromatic N) is 2. The number of carbonyl (C=O) groups excluding carboxylic acids is 2. The number of aromatic nitrogens is 1. The number of rotatable bonds is 6. The van der Waals surface area contributed by atoms with Gasteiger partial charge in [-0.2, -0.15) is 0 Å². The van der Waals surface area contributed by atoms with E-state index >= 15 is 0 Å². The molecular formula is C18H19N3O4S. The summed E-state index contributed by atoms with van der Waals surface area (Å²) < 4.78 is 10.3. The summed E-state index contributed by atoms with van der Waals surface area (Å²) in [7, 11) is 1.46. The molecule has 0 unspecified atom stereocenters. The number of benzene rings is 1. The monoisotopic (exact) mass is 373 g/mol. The van der Waals surface area contributed by atoms with E-state index in [4.69, 9.17) is 9.47 Å². The van der Waals surface area contributed by atoms with Crippen molar-refractivity contribution in [1.82, 2.24) is 4.98 Å². The molecule has 136 valence electrons. The van der Waals surface area contributed by atoms with Gasteiger partial charge in [-0.05, 0) is 25.1 Å². The van der Waals surface area contributed by atoms with E-state index in [2.05, 4.69) is 16.9 Å². The van der Waals surface area contributed by atoms with Gasteiger partial charge in [-0.25, -0.2) is 4.98 Å². The molecule has 0 atom stereocenters. The molecule has 7 nitrogen and oxygen atoms in total. The lowest BCUT2D eigenvalue weighted by Gasteiger charge is -2.28. The van der Waals surface area contributed by atoms with Crippen LogP contribution in [-0.2, 0) is 14.3 Å². The Kier molecular flexibility index (Phi) is 5.34. The van der Waals surface area contributed by atoms with Crippen LogP contribution in [-0.4, -0.2) is 43.7 Å². The molecule has 1 aliphatic heterocycles. The first-order valence-corrected chi connectivity index (χ1v) is 8.80. The number of fused-ring (bicyclic) bond motifs is 1. The number of amides is 2. The summed E-state index contributed by atoms with van der Waals surface area (Å²) in [5.74, 6) is 0.281. The molecule has 1 aliphatic rings. The SMILES string of the molecule is C=CCN1C(=O)COc2ccc(-c3nc(NC(=O)COC)sc3C)cc21. The molecule has 2 amide bonds. The van der Waals surface area contributed by atoms with Crippen molar-refractivity contribution < 1.29 is 19.1 Å². The molecule has 0 fully saturated rings. The van der Waals surface area contributed by atoms with Crippen molar-refractivity contribution in [1.29, 1.82) is 0 Å². The smallest absolute Gasteiger partial charge is 0.265 e. The lowest BCUT2D eigenvalue weighted by molar-refractivity contribution is -0.121. The Morgan fingerprint density at radius 2 is 2.35 bits per heavy atom. The standard InChI is InChI=1S/C18H19N3O4S/c1-4-7-21-13-8-12(5-6-14(13)25-10-16(21)23)17-11(2)26-18(20-17)19-15(22)9-24-3/h4-6,8H,1,7,9-10H2,2-3H3,(H,19,20,22). The largest absolute Gasteiger partial charge is 0.482 e. The van der Waals surface area contributed by atoms with Crippen LogP contribution in [0.15, 0.2) is 30.9 Å². The molecule has 1 aromatic carbocycles. The van der Waals surface area contributed by atoms with Crippen molar-refractivity contribution in [3.8, 4) is 17.0 Å². The van der Waals surface area contributed by atoms with Gasteiger partial charge in [-0.15, -0.1) is 17.9 Å². The minimum absolute atomic E-state index is 0.0194. The number of carbonyl (C=O) groups is 2. The fraction of sp³-hybridized carbons (Fsp3) is 0.278. The van der Waals surface area contributed by atoms with E-state index in [0.717, 1.165) is 16.1 Å². The summed E-state index contributed by atoms with van der Waals surface area (Å²) in [5.41, 5.74) is 2.29. The molecule has 0 spiro atoms. The van der Waals surface area contributed by atoms with Crippen LogP contribution in [0.1, 0.15) is 4.88 Å². The topological polar surface area (TPSA) is 80.8 Å². The van der Waals surface area contributed by atoms with Crippen LogP contribution >= 0.6 is 11.3 Å². The predicted octanol–water partition coefficient (Wildman–Crippen LogP) is 2.61. The zero-order valence-corrected chi connectivity index (χ0v) is 15.4. The molecular weight excluding hydrogens is 354 g/mol. The van der Waals surface area contributed by atoms with Gasteiger partial charge in [-0.1, -0.05) is 6.08 Å². The van der Waals surface area contributed by atoms with Crippen LogP contribution in [0, 0.1) is 6.92 Å². The second-order valence-electron chi connectivity index (χ2n) is 5.67. The van der Waals surface area contributed by atoms with Gasteiger partial charge in [0.05, 0.1) is 11.4 Å². The maximum Gasteiger partial charge on any atom is 0.265 e. The van der Waals surface area contributed by atoms with Crippen LogP contribution < -0.4 is 15.0 Å². The fourth-order valence-corrected chi connectivity index (χ4v) is 3.53. The molecule has 2 aromatic rings. The van der Waals surface area contributed by atoms with Crippen molar-refractivity contribution in [2.24, 2.45) is 0 Å². The van der Waals surface area contributed by atoms with E-state index in [1.54, 1.807) is 11.0 Å². The highest BCUT2D eigenvalue weighted by molar-refractivity contribution is 7.16. The maximum atomic E-state index is 12.1. The number of ether oxygens (including phenoxy) is 2. The number of thiazole rings is 1. The van der Waals surface area contributed by atoms with Gasteiger partial charge in [0, 0.05) is 24.1 Å². The second-order valence-corrected chi connectivity index (χ2v) is 6.87. The molecule has 3 rings (SSSR count). The Morgan fingerprint density at radius 3 is 3.08 bits per heavy atom. The number of hydrogen-bond donors (Lipinski definition) is 1. The third-order valence-corrected chi connectivity index (χ3v) is 4.69. The number of nitrogens with one attached hydrogen (secondary N) is 1. The fourth-order valence-electron chi connectivity index (χ4n) is 2.68. The highest BCUT2D eigenvalue weighted by Gasteiger charge is 2.25. The number of aryl methyl sites for hydroxylation is 1. The molecule has 0 radical (unpaired) electrons. The molecule has 0 aliphatic carbocycles. The van der Waals surface area contributed by atoms with E-state index in [1.165, 1.54) is 18.4 Å². The third kappa shape index (κ3) is 3.61. The van der Waals surface area contributed by atoms with E-state index in [-0.39, 0.29) is 25.0 Å². The summed E-state index contributed by atoms with van der Waals surface area (Å²) in [6.45, 7) is 6.04. The molecule has 1 aromatic heterocycles. The number of hydrogen-bond acceptors (Lipinski definition) is 6. The summed E-state index contributed by atoms with van der Waals surface area (Å²) >= 11 is 1.39. The first kappa shape index (κ1) is 18.1. The van der Waals surface area contributed by atoms with Crippen LogP contribution in [0.4, 0.5) is 10.8 Å². The molecule has 0 bridgehead atoms. The Morgan fingerprint density at radius 1 is 1.54 bits per heavy atom. The van der Waals surface area contributed by atoms with E-state index < -0.39 is 0 Å². The quantitative estimate of drug-likeness (QED) is 0.788. The Labute approximate surface area is 155 Å². The summed E-state index contributed by atoms with van der Waals surface area (Å²) in [5, 5.41) is 3.22. The van der Waals surface area contributed by atoms with Crippen molar-refractivity contribution >= 4 is 34.0 Å². The van der Waals surface area contributed by atoms with Gasteiger partial charge in [0.2, 0.25) is 0 Å². The molecule has 0 saturated heterocycles. The molecule has 0 saturated carbocycles. The molecule has 2 heterocycles. The summed E-state index contributed by atoms with van der Waals surface area (Å²) in [4.78, 5) is 30.9. The van der Waals surface area contributed by atoms with Gasteiger partial charge in [0.15, 0.2) is 11.7 Å². The van der Waals surface area contributed by atoms with Gasteiger partial charge in [0.1, 0.15) is 12.4 Å². The normalized spacial score (nSPS) is 13.2. The maximum absolute atomic E-state index is 12.1. The number of methoxy groups -OCH3 is 1. The van der Waals surface area contributed by atoms with E-state index in [9.17, 15) is 9.59 Å². The lowest BCUT2D eigenvalue weighted by atomic mass is 10.1. The average Bonchev–Trinajstić information content (AvgIpc) is 2.97. The van der Waals surface area contributed by atoms with Gasteiger partial charge in [0.25, 0.3) is 11.8 Å². The zero-order valence-electron chi connectivity index (χ0n) is 14.6. The van der Waals surface area contributed by atoms with Crippen LogP contribution in [0.25, 0.3) is 11.3 Å². The Bertz CT molecular complexity index is 862. The molecule has 8 heteroatoms. The minimum atomic E-state index is -0.255. The Hall–Kier alpha value is -2.71. The second kappa shape index (κ2) is 7.67. The highest BCUT2D eigenvalue weighted by atomic mass is 32.1. The minimum Gasteiger partial charge on any atom is -0.482 e. The predicted molar refractivity (Wildman–Crippen MR) is 101 cm³/mol. The number of anilines is 2. The van der Waals surface area contributed by atoms with Crippen molar-refractivity contribution in [2.45, 2.75) is 6.92 Å². The lowest BCUT2D eigenvalue weighted by Crippen LogP contribution is -2.38. The Balaban J connectivity index is 1.93. The van der Waals surface area contributed by atoms with E-state index in [1.807, 2.05) is 25.1 Å². The zero-order chi connectivity index (χ0) is 18.7. The summed E-state index contributed by atoms with van der Waals surface area (Å²) in [6, 6.07) is 5.59.